The van der Waals surface area contributed by atoms with E-state index in [4.69, 9.17) is 5.73 Å². The number of primary amides is 1. The molecular weight excluding hydrogens is 552 g/mol. The third kappa shape index (κ3) is 7.85. The Labute approximate surface area is 241 Å². The van der Waals surface area contributed by atoms with E-state index < -0.39 is 63.2 Å². The van der Waals surface area contributed by atoms with Crippen LogP contribution in [-0.2, 0) is 29.2 Å². The number of amides is 5. The van der Waals surface area contributed by atoms with E-state index in [1.165, 1.54) is 4.90 Å². The first-order chi connectivity index (χ1) is 18.9. The summed E-state index contributed by atoms with van der Waals surface area (Å²) in [7, 11) is -3.77. The van der Waals surface area contributed by atoms with Crippen molar-refractivity contribution >= 4 is 39.6 Å². The van der Waals surface area contributed by atoms with E-state index in [1.807, 2.05) is 13.8 Å². The number of carbonyl (C=O) groups is 5. The van der Waals surface area contributed by atoms with Crippen molar-refractivity contribution < 1.29 is 32.4 Å². The smallest absolute Gasteiger partial charge is 0.315 e. The first-order valence-electron chi connectivity index (χ1n) is 14.0. The molecule has 0 aromatic rings. The Morgan fingerprint density at radius 1 is 1.10 bits per heavy atom. The number of nitrogens with one attached hydrogen (secondary N) is 4. The summed E-state index contributed by atoms with van der Waals surface area (Å²) in [6.07, 6.45) is 3.01. The summed E-state index contributed by atoms with van der Waals surface area (Å²) in [6.45, 7) is 12.6. The number of Topliss-reactive ketones (excluding diaryl/α,β-unsaturated/α-hetero) is 1. The number of carbonyl (C=O) groups excluding carboxylic acids is 5. The third-order valence-electron chi connectivity index (χ3n) is 8.48. The molecule has 41 heavy (non-hydrogen) atoms. The van der Waals surface area contributed by atoms with Gasteiger partial charge in [-0.1, -0.05) is 39.7 Å². The van der Waals surface area contributed by atoms with Gasteiger partial charge in [0.1, 0.15) is 12.1 Å². The quantitative estimate of drug-likeness (QED) is 0.186. The van der Waals surface area contributed by atoms with E-state index >= 15 is 0 Å². The highest BCUT2D eigenvalue weighted by Gasteiger charge is 2.69. The fraction of sp³-hybridized carbons (Fsp3) is 0.741. The summed E-state index contributed by atoms with van der Waals surface area (Å²) >= 11 is 0. The van der Waals surface area contributed by atoms with E-state index in [0.717, 1.165) is 24.7 Å². The summed E-state index contributed by atoms with van der Waals surface area (Å²) in [5.74, 6) is -3.09. The second-order valence-electron chi connectivity index (χ2n) is 13.0. The maximum atomic E-state index is 13.9. The van der Waals surface area contributed by atoms with Crippen LogP contribution in [0, 0.1) is 23.2 Å². The molecule has 0 aromatic carbocycles. The van der Waals surface area contributed by atoms with Crippen LogP contribution in [0.25, 0.3) is 0 Å². The topological polar surface area (TPSA) is 197 Å². The lowest BCUT2D eigenvalue weighted by atomic mass is 9.80. The lowest BCUT2D eigenvalue weighted by Crippen LogP contribution is -2.60. The summed E-state index contributed by atoms with van der Waals surface area (Å²) in [5, 5.41) is 8.81. The van der Waals surface area contributed by atoms with Crippen LogP contribution in [0.3, 0.4) is 0 Å². The molecule has 2 saturated carbocycles. The molecule has 6 N–H and O–H groups in total. The lowest BCUT2D eigenvalue weighted by molar-refractivity contribution is -0.143. The Morgan fingerprint density at radius 2 is 1.73 bits per heavy atom. The van der Waals surface area contributed by atoms with Crippen LogP contribution in [0.5, 0.6) is 0 Å². The number of likely N-dealkylation sites (tertiary alicyclic amines) is 1. The number of urea groups is 1. The number of sulfonamides is 1. The van der Waals surface area contributed by atoms with Crippen LogP contribution < -0.4 is 26.4 Å². The van der Waals surface area contributed by atoms with Gasteiger partial charge in [0, 0.05) is 24.0 Å². The molecule has 3 aliphatic rings. The van der Waals surface area contributed by atoms with Crippen LogP contribution in [0.15, 0.2) is 12.0 Å². The molecule has 1 aliphatic heterocycles. The van der Waals surface area contributed by atoms with Crippen molar-refractivity contribution in [2.45, 2.75) is 90.4 Å². The fourth-order valence-corrected chi connectivity index (χ4v) is 6.45. The van der Waals surface area contributed by atoms with Crippen molar-refractivity contribution in [3.05, 3.63) is 12.0 Å². The lowest BCUT2D eigenvalue weighted by Gasteiger charge is -2.35. The molecule has 3 rings (SSSR count). The Kier molecular flexibility index (Phi) is 9.58. The predicted molar refractivity (Wildman–Crippen MR) is 151 cm³/mol. The number of hydrogen-bond donors (Lipinski definition) is 5. The summed E-state index contributed by atoms with van der Waals surface area (Å²) < 4.78 is 26.0. The van der Waals surface area contributed by atoms with E-state index in [0.29, 0.717) is 6.42 Å². The maximum Gasteiger partial charge on any atom is 0.315 e. The highest BCUT2D eigenvalue weighted by Crippen LogP contribution is 2.65. The van der Waals surface area contributed by atoms with Crippen molar-refractivity contribution in [1.29, 1.82) is 0 Å². The number of fused-ring (bicyclic) bond motifs is 1. The number of piperidine rings is 1. The van der Waals surface area contributed by atoms with Crippen molar-refractivity contribution in [2.24, 2.45) is 28.9 Å². The van der Waals surface area contributed by atoms with Gasteiger partial charge in [-0.3, -0.25) is 19.2 Å². The normalized spacial score (nSPS) is 24.7. The van der Waals surface area contributed by atoms with Gasteiger partial charge in [0.2, 0.25) is 27.6 Å². The number of nitrogens with two attached hydrogens (primary N) is 1. The standard InChI is InChI=1S/C27H44N6O7S/c1-7-41(39,40)29-12-11-17(31-25(38)32-26(2,3)4)24(37)33-14-16-19(27(16,5)6)20(33)23(36)30-18(21(34)22(28)35)13-15-9-8-10-15/h7,15-20,29H,1,8-14H2,2-6H3,(H2,28,35)(H,30,36)(H2,31,32,38)/t16?,17-,18?,19-,20?/m0/s1. The van der Waals surface area contributed by atoms with Gasteiger partial charge in [-0.15, -0.1) is 0 Å². The minimum absolute atomic E-state index is 0.0162. The van der Waals surface area contributed by atoms with E-state index in [-0.39, 0.29) is 42.7 Å². The molecule has 14 heteroatoms. The predicted octanol–water partition coefficient (Wildman–Crippen LogP) is 0.118. The highest BCUT2D eigenvalue weighted by molar-refractivity contribution is 7.92. The van der Waals surface area contributed by atoms with Crippen LogP contribution >= 0.6 is 0 Å². The molecule has 0 aromatic heterocycles. The molecule has 1 saturated heterocycles. The molecule has 13 nitrogen and oxygen atoms in total. The van der Waals surface area contributed by atoms with Gasteiger partial charge in [0.15, 0.2) is 0 Å². The molecule has 1 heterocycles. The number of rotatable bonds is 13. The zero-order valence-corrected chi connectivity index (χ0v) is 25.3. The highest BCUT2D eigenvalue weighted by atomic mass is 32.2. The second-order valence-corrected chi connectivity index (χ2v) is 14.7. The minimum Gasteiger partial charge on any atom is -0.363 e. The Morgan fingerprint density at radius 3 is 2.24 bits per heavy atom. The van der Waals surface area contributed by atoms with Gasteiger partial charge in [-0.05, 0) is 56.8 Å². The van der Waals surface area contributed by atoms with E-state index in [1.54, 1.807) is 20.8 Å². The van der Waals surface area contributed by atoms with Gasteiger partial charge in [0.25, 0.3) is 5.91 Å². The minimum atomic E-state index is -3.77. The first kappa shape index (κ1) is 32.5. The average Bonchev–Trinajstić information content (AvgIpc) is 3.14. The molecular formula is C27H44N6O7S. The van der Waals surface area contributed by atoms with Crippen molar-refractivity contribution in [1.82, 2.24) is 25.6 Å². The molecule has 5 amide bonds. The molecule has 5 atom stereocenters. The number of hydrogen-bond acceptors (Lipinski definition) is 7. The van der Waals surface area contributed by atoms with Gasteiger partial charge >= 0.3 is 6.03 Å². The van der Waals surface area contributed by atoms with Gasteiger partial charge in [0.05, 0.1) is 6.04 Å². The molecule has 230 valence electrons. The van der Waals surface area contributed by atoms with Crippen molar-refractivity contribution in [2.75, 3.05) is 13.1 Å². The Balaban J connectivity index is 1.83. The number of ketones is 1. The summed E-state index contributed by atoms with van der Waals surface area (Å²) in [6, 6.07) is -3.80. The van der Waals surface area contributed by atoms with Crippen molar-refractivity contribution in [3.63, 3.8) is 0 Å². The van der Waals surface area contributed by atoms with Crippen LogP contribution in [0.1, 0.15) is 66.7 Å². The van der Waals surface area contributed by atoms with Crippen molar-refractivity contribution in [3.8, 4) is 0 Å². The van der Waals surface area contributed by atoms with E-state index in [2.05, 4.69) is 27.3 Å². The fourth-order valence-electron chi connectivity index (χ4n) is 5.93. The molecule has 0 bridgehead atoms. The van der Waals surface area contributed by atoms with Gasteiger partial charge < -0.3 is 26.6 Å². The van der Waals surface area contributed by atoms with Crippen LogP contribution in [0.2, 0.25) is 0 Å². The first-order valence-corrected chi connectivity index (χ1v) is 15.6. The van der Waals surface area contributed by atoms with Crippen LogP contribution in [0.4, 0.5) is 4.79 Å². The average molecular weight is 597 g/mol. The molecule has 2 aliphatic carbocycles. The third-order valence-corrected chi connectivity index (χ3v) is 9.52. The molecule has 0 radical (unpaired) electrons. The van der Waals surface area contributed by atoms with E-state index in [9.17, 15) is 32.4 Å². The molecule has 0 spiro atoms. The summed E-state index contributed by atoms with van der Waals surface area (Å²) in [4.78, 5) is 66.0. The Hall–Kier alpha value is -3.00. The maximum absolute atomic E-state index is 13.9. The zero-order chi connectivity index (χ0) is 30.9. The largest absolute Gasteiger partial charge is 0.363 e. The second kappa shape index (κ2) is 12.1. The summed E-state index contributed by atoms with van der Waals surface area (Å²) in [5.41, 5.74) is 4.43. The zero-order valence-electron chi connectivity index (χ0n) is 24.5. The van der Waals surface area contributed by atoms with Gasteiger partial charge in [-0.2, -0.15) is 0 Å². The monoisotopic (exact) mass is 596 g/mol. The van der Waals surface area contributed by atoms with Crippen LogP contribution in [-0.4, -0.2) is 79.6 Å². The SMILES string of the molecule is C=CS(=O)(=O)NCC[C@H](NC(=O)NC(C)(C)C)C(=O)N1CC2[C@@H](C1C(=O)NC(CC1CCC1)C(=O)C(N)=O)C2(C)C. The number of nitrogens with zero attached hydrogens (tertiary/aromatic N) is 1. The Bertz CT molecular complexity index is 1190. The molecule has 3 unspecified atom stereocenters. The van der Waals surface area contributed by atoms with Gasteiger partial charge in [-0.25, -0.2) is 17.9 Å². The molecule has 3 fully saturated rings.